The number of carbonyl (C=O) groups excluding carboxylic acids is 4. The minimum absolute atomic E-state index is 0.311. The fraction of sp³-hybridized carbons (Fsp3) is 0.714. The van der Waals surface area contributed by atoms with Gasteiger partial charge in [-0.1, -0.05) is 0 Å². The highest BCUT2D eigenvalue weighted by atomic mass is 35.5. The minimum atomic E-state index is -1.25. The van der Waals surface area contributed by atoms with Gasteiger partial charge in [-0.3, -0.25) is 19.2 Å². The number of rotatable bonds is 6. The molecule has 1 heterocycles. The number of amides is 1. The van der Waals surface area contributed by atoms with Crippen LogP contribution in [0.5, 0.6) is 0 Å². The molecule has 1 N–H and O–H groups in total. The van der Waals surface area contributed by atoms with Gasteiger partial charge in [0.05, 0.1) is 11.9 Å². The van der Waals surface area contributed by atoms with E-state index in [2.05, 4.69) is 9.61 Å². The summed E-state index contributed by atoms with van der Waals surface area (Å²) < 4.78 is 25.4. The molecule has 1 aliphatic rings. The van der Waals surface area contributed by atoms with E-state index in [4.69, 9.17) is 30.8 Å². The van der Waals surface area contributed by atoms with Gasteiger partial charge in [0.25, 0.3) is 0 Å². The summed E-state index contributed by atoms with van der Waals surface area (Å²) in [4.78, 5) is 45.4. The van der Waals surface area contributed by atoms with E-state index < -0.39 is 54.5 Å². The largest absolute Gasteiger partial charge is 0.463 e. The molecule has 0 unspecified atom stereocenters. The van der Waals surface area contributed by atoms with Gasteiger partial charge in [-0.25, -0.2) is 4.29 Å². The quantitative estimate of drug-likeness (QED) is 0.492. The lowest BCUT2D eigenvalue weighted by molar-refractivity contribution is -0.256. The van der Waals surface area contributed by atoms with Crippen molar-refractivity contribution in [1.29, 1.82) is 0 Å². The Balaban J connectivity index is 3.18. The van der Waals surface area contributed by atoms with Crippen molar-refractivity contribution in [2.24, 2.45) is 0 Å². The molecule has 10 nitrogen and oxygen atoms in total. The van der Waals surface area contributed by atoms with Crippen molar-refractivity contribution in [3.05, 3.63) is 0 Å². The zero-order valence-electron chi connectivity index (χ0n) is 14.1. The molecule has 5 atom stereocenters. The smallest absolute Gasteiger partial charge is 0.303 e. The van der Waals surface area contributed by atoms with Crippen molar-refractivity contribution in [1.82, 2.24) is 5.32 Å². The highest BCUT2D eigenvalue weighted by molar-refractivity contribution is 6.07. The zero-order chi connectivity index (χ0) is 19.1. The average Bonchev–Trinajstić information content (AvgIpc) is 2.48. The first-order valence-electron chi connectivity index (χ1n) is 7.33. The van der Waals surface area contributed by atoms with E-state index in [1.165, 1.54) is 13.8 Å². The molecule has 1 fully saturated rings. The van der Waals surface area contributed by atoms with Crippen molar-refractivity contribution in [2.45, 2.75) is 58.3 Å². The molecule has 0 saturated carbocycles. The standard InChI is InChI=1S/C14H20ClNO9/c1-6(17)16-11-13(23-9(4)20)12(22-8(3)19)10(5-21-7(2)18)24-14(11)25-15/h10-14H,5H2,1-4H3,(H,16,17)/t10-,11-,12-,13-,14-/m1/s1. The molecule has 0 aromatic heterocycles. The average molecular weight is 382 g/mol. The number of hydrogen-bond donors (Lipinski definition) is 1. The monoisotopic (exact) mass is 381 g/mol. The molecule has 1 rings (SSSR count). The van der Waals surface area contributed by atoms with Crippen LogP contribution in [-0.2, 0) is 42.4 Å². The lowest BCUT2D eigenvalue weighted by Crippen LogP contribution is -2.66. The second-order valence-corrected chi connectivity index (χ2v) is 5.49. The Hall–Kier alpha value is -1.91. The molecule has 1 aliphatic heterocycles. The first-order chi connectivity index (χ1) is 11.6. The Morgan fingerprint density at radius 3 is 1.96 bits per heavy atom. The fourth-order valence-corrected chi connectivity index (χ4v) is 2.52. The number of carbonyl (C=O) groups is 4. The summed E-state index contributed by atoms with van der Waals surface area (Å²) >= 11 is 5.41. The normalized spacial score (nSPS) is 28.6. The molecule has 11 heteroatoms. The van der Waals surface area contributed by atoms with E-state index in [9.17, 15) is 19.2 Å². The summed E-state index contributed by atoms with van der Waals surface area (Å²) in [5.74, 6) is -2.46. The molecule has 0 aromatic rings. The van der Waals surface area contributed by atoms with Gasteiger partial charge < -0.3 is 24.3 Å². The minimum Gasteiger partial charge on any atom is -0.463 e. The first kappa shape index (κ1) is 21.1. The van der Waals surface area contributed by atoms with E-state index in [-0.39, 0.29) is 6.61 Å². The van der Waals surface area contributed by atoms with Crippen LogP contribution in [0.3, 0.4) is 0 Å². The second-order valence-electron chi connectivity index (χ2n) is 5.31. The molecule has 1 amide bonds. The van der Waals surface area contributed by atoms with Crippen LogP contribution in [0.4, 0.5) is 0 Å². The van der Waals surface area contributed by atoms with Crippen molar-refractivity contribution in [3.63, 3.8) is 0 Å². The fourth-order valence-electron chi connectivity index (χ4n) is 2.37. The van der Waals surface area contributed by atoms with Crippen molar-refractivity contribution in [2.75, 3.05) is 6.61 Å². The van der Waals surface area contributed by atoms with Gasteiger partial charge in [0.1, 0.15) is 18.8 Å². The van der Waals surface area contributed by atoms with E-state index in [0.717, 1.165) is 13.8 Å². The molecular formula is C14H20ClNO9. The highest BCUT2D eigenvalue weighted by Crippen LogP contribution is 2.28. The lowest BCUT2D eigenvalue weighted by Gasteiger charge is -2.43. The number of nitrogens with one attached hydrogen (secondary N) is 1. The van der Waals surface area contributed by atoms with Crippen LogP contribution >= 0.6 is 11.9 Å². The summed E-state index contributed by atoms with van der Waals surface area (Å²) in [6, 6.07) is -1.06. The van der Waals surface area contributed by atoms with Gasteiger partial charge in [-0.05, 0) is 0 Å². The molecule has 0 aromatic carbocycles. The molecule has 142 valence electrons. The van der Waals surface area contributed by atoms with Crippen LogP contribution in [0.25, 0.3) is 0 Å². The second kappa shape index (κ2) is 9.54. The molecule has 0 spiro atoms. The van der Waals surface area contributed by atoms with E-state index in [1.54, 1.807) is 0 Å². The Labute approximate surface area is 149 Å². The van der Waals surface area contributed by atoms with E-state index in [0.29, 0.717) is 0 Å². The first-order valence-corrected chi connectivity index (χ1v) is 7.64. The Morgan fingerprint density at radius 1 is 0.960 bits per heavy atom. The predicted octanol–water partition coefficient (Wildman–Crippen LogP) is -0.187. The van der Waals surface area contributed by atoms with Crippen LogP contribution in [0.15, 0.2) is 0 Å². The molecule has 0 radical (unpaired) electrons. The van der Waals surface area contributed by atoms with Crippen LogP contribution in [0, 0.1) is 0 Å². The Morgan fingerprint density at radius 2 is 1.52 bits per heavy atom. The predicted molar refractivity (Wildman–Crippen MR) is 80.9 cm³/mol. The van der Waals surface area contributed by atoms with Crippen LogP contribution < -0.4 is 5.32 Å². The van der Waals surface area contributed by atoms with Gasteiger partial charge in [0.2, 0.25) is 12.2 Å². The summed E-state index contributed by atoms with van der Waals surface area (Å²) in [6.07, 6.45) is -4.63. The van der Waals surface area contributed by atoms with Gasteiger partial charge in [-0.15, -0.1) is 0 Å². The number of ether oxygens (including phenoxy) is 4. The molecule has 25 heavy (non-hydrogen) atoms. The maximum absolute atomic E-state index is 11.5. The van der Waals surface area contributed by atoms with Crippen molar-refractivity contribution in [3.8, 4) is 0 Å². The summed E-state index contributed by atoms with van der Waals surface area (Å²) in [5.41, 5.74) is 0. The third-order valence-corrected chi connectivity index (χ3v) is 3.33. The topological polar surface area (TPSA) is 126 Å². The number of hydrogen-bond acceptors (Lipinski definition) is 9. The molecule has 0 aliphatic carbocycles. The van der Waals surface area contributed by atoms with Crippen LogP contribution in [0.1, 0.15) is 27.7 Å². The molecule has 0 bridgehead atoms. The maximum atomic E-state index is 11.5. The number of esters is 3. The van der Waals surface area contributed by atoms with Crippen molar-refractivity contribution < 1.29 is 42.4 Å². The summed E-state index contributed by atoms with van der Waals surface area (Å²) in [6.45, 7) is 4.38. The van der Waals surface area contributed by atoms with Gasteiger partial charge in [0.15, 0.2) is 12.2 Å². The third kappa shape index (κ3) is 6.48. The van der Waals surface area contributed by atoms with Gasteiger partial charge in [-0.2, -0.15) is 0 Å². The lowest BCUT2D eigenvalue weighted by atomic mass is 9.96. The zero-order valence-corrected chi connectivity index (χ0v) is 14.9. The molecule has 1 saturated heterocycles. The van der Waals surface area contributed by atoms with Crippen LogP contribution in [0.2, 0.25) is 0 Å². The van der Waals surface area contributed by atoms with Crippen LogP contribution in [-0.4, -0.2) is 61.1 Å². The Bertz CT molecular complexity index is 526. The van der Waals surface area contributed by atoms with Gasteiger partial charge in [0, 0.05) is 27.7 Å². The Kier molecular flexibility index (Phi) is 8.07. The summed E-state index contributed by atoms with van der Waals surface area (Å²) in [5, 5.41) is 2.48. The van der Waals surface area contributed by atoms with Gasteiger partial charge >= 0.3 is 17.9 Å². The molecular weight excluding hydrogens is 362 g/mol. The van der Waals surface area contributed by atoms with E-state index >= 15 is 0 Å². The maximum Gasteiger partial charge on any atom is 0.303 e. The third-order valence-electron chi connectivity index (χ3n) is 3.16. The van der Waals surface area contributed by atoms with Crippen molar-refractivity contribution >= 4 is 35.7 Å². The SMILES string of the molecule is CC(=O)N[C@H]1[C@@H](OCl)O[C@H](COC(C)=O)[C@@H](OC(C)=O)[C@@H]1OC(C)=O. The summed E-state index contributed by atoms with van der Waals surface area (Å²) in [7, 11) is 0. The number of halogens is 1. The highest BCUT2D eigenvalue weighted by Gasteiger charge is 2.51. The van der Waals surface area contributed by atoms with E-state index in [1.807, 2.05) is 0 Å².